The van der Waals surface area contributed by atoms with Crippen LogP contribution in [0.5, 0.6) is 0 Å². The molecule has 6 heteroatoms. The van der Waals surface area contributed by atoms with Gasteiger partial charge in [0.05, 0.1) is 0 Å². The average molecular weight is 511 g/mol. The molecule has 0 unspecified atom stereocenters. The van der Waals surface area contributed by atoms with Gasteiger partial charge in [0.15, 0.2) is 0 Å². The van der Waals surface area contributed by atoms with E-state index in [-0.39, 0.29) is 0 Å². The molecule has 96 valence electrons. The van der Waals surface area contributed by atoms with E-state index in [0.29, 0.717) is 0 Å². The van der Waals surface area contributed by atoms with Crippen LogP contribution < -0.4 is 0 Å². The molecule has 0 amide bonds. The molecule has 0 aromatic heterocycles. The molecular formula is C10H26Cl2Si2Sn2. The van der Waals surface area contributed by atoms with Crippen LogP contribution in [0.15, 0.2) is 0 Å². The van der Waals surface area contributed by atoms with Crippen LogP contribution >= 0.6 is 17.8 Å². The van der Waals surface area contributed by atoms with Crippen molar-refractivity contribution in [1.82, 2.24) is 0 Å². The van der Waals surface area contributed by atoms with Crippen LogP contribution in [0.1, 0.15) is 0 Å². The van der Waals surface area contributed by atoms with Crippen LogP contribution in [0.25, 0.3) is 0 Å². The van der Waals surface area contributed by atoms with Gasteiger partial charge in [-0.1, -0.05) is 0 Å². The second-order valence-electron chi connectivity index (χ2n) is 7.86. The van der Waals surface area contributed by atoms with Crippen molar-refractivity contribution in [1.29, 1.82) is 0 Å². The summed E-state index contributed by atoms with van der Waals surface area (Å²) in [6.07, 6.45) is 0. The normalized spacial score (nSPS) is 43.5. The Kier molecular flexibility index (Phi) is 5.40. The second kappa shape index (κ2) is 5.19. The summed E-state index contributed by atoms with van der Waals surface area (Å²) in [5, 5.41) is 0. The summed E-state index contributed by atoms with van der Waals surface area (Å²) in [4.78, 5) is 4.96. The summed E-state index contributed by atoms with van der Waals surface area (Å²) >= 11 is -4.40. The molecule has 0 N–H and O–H groups in total. The standard InChI is InChI=1S/2C4H10Si.2CH3.2ClH.2Sn/c2*1-5(2,3)4;;;;;;/h2*1-2H2,3-4H3;2*1H3;2*1H;;/q;;;;;;2*+1/p-2. The third-order valence-electron chi connectivity index (χ3n) is 3.39. The van der Waals surface area contributed by atoms with Crippen molar-refractivity contribution in [2.45, 2.75) is 52.3 Å². The molecule has 0 saturated carbocycles. The van der Waals surface area contributed by atoms with Crippen molar-refractivity contribution in [3.63, 3.8) is 0 Å². The fourth-order valence-corrected chi connectivity index (χ4v) is 134. The van der Waals surface area contributed by atoms with Gasteiger partial charge in [-0.2, -0.15) is 0 Å². The zero-order valence-electron chi connectivity index (χ0n) is 11.6. The Morgan fingerprint density at radius 2 is 0.875 bits per heavy atom. The summed E-state index contributed by atoms with van der Waals surface area (Å²) < 4.78 is 5.88. The van der Waals surface area contributed by atoms with E-state index in [1.165, 1.54) is 16.2 Å². The first-order valence-corrected chi connectivity index (χ1v) is 34.0. The first kappa shape index (κ1) is 16.7. The number of rotatable bonds is 0. The van der Waals surface area contributed by atoms with Crippen LogP contribution in [0.4, 0.5) is 0 Å². The molecule has 0 atom stereocenters. The molecule has 0 nitrogen and oxygen atoms in total. The van der Waals surface area contributed by atoms with E-state index in [1.807, 2.05) is 0 Å². The Bertz CT molecular complexity index is 206. The Morgan fingerprint density at radius 1 is 0.688 bits per heavy atom. The van der Waals surface area contributed by atoms with Crippen LogP contribution in [0.2, 0.25) is 52.3 Å². The topological polar surface area (TPSA) is 0 Å². The van der Waals surface area contributed by atoms with Gasteiger partial charge in [0, 0.05) is 0 Å². The first-order valence-electron chi connectivity index (χ1n) is 6.21. The molecule has 1 rings (SSSR count). The van der Waals surface area contributed by atoms with Gasteiger partial charge in [-0.25, -0.2) is 0 Å². The van der Waals surface area contributed by atoms with Crippen molar-refractivity contribution < 1.29 is 0 Å². The van der Waals surface area contributed by atoms with E-state index in [1.54, 1.807) is 0 Å². The summed E-state index contributed by atoms with van der Waals surface area (Å²) in [7, 11) is 11.8. The molecule has 0 radical (unpaired) electrons. The van der Waals surface area contributed by atoms with Gasteiger partial charge in [-0.3, -0.25) is 0 Å². The van der Waals surface area contributed by atoms with Gasteiger partial charge < -0.3 is 0 Å². The Labute approximate surface area is 119 Å². The molecule has 0 aromatic carbocycles. The Morgan fingerprint density at radius 3 is 1.06 bits per heavy atom. The third-order valence-corrected chi connectivity index (χ3v) is 79.0. The summed E-state index contributed by atoms with van der Waals surface area (Å²) in [5.41, 5.74) is 0. The number of hydrogen-bond acceptors (Lipinski definition) is 0. The SMILES string of the molecule is C[Si]1(C)[CH2][Sn]([CH3])([Cl])[CH2][Si](C)(C)[CH2][Sn]([CH3])([Cl])[CH2]1. The van der Waals surface area contributed by atoms with E-state index in [2.05, 4.69) is 36.1 Å². The van der Waals surface area contributed by atoms with Gasteiger partial charge in [0.2, 0.25) is 0 Å². The molecule has 1 heterocycles. The zero-order valence-corrected chi connectivity index (χ0v) is 20.8. The molecule has 0 spiro atoms. The Balaban J connectivity index is 2.98. The number of halogens is 2. The summed E-state index contributed by atoms with van der Waals surface area (Å²) in [6, 6.07) is 0. The summed E-state index contributed by atoms with van der Waals surface area (Å²) in [5.74, 6) is 0. The van der Waals surface area contributed by atoms with Crippen molar-refractivity contribution in [2.75, 3.05) is 0 Å². The monoisotopic (exact) mass is 512 g/mol. The second-order valence-corrected chi connectivity index (χ2v) is 58.4. The zero-order chi connectivity index (χ0) is 12.8. The molecule has 0 aliphatic carbocycles. The van der Waals surface area contributed by atoms with Gasteiger partial charge in [-0.15, -0.1) is 0 Å². The fraction of sp³-hybridized carbons (Fsp3) is 1.00. The predicted molar refractivity (Wildman–Crippen MR) is 89.1 cm³/mol. The molecule has 0 aromatic rings. The molecule has 16 heavy (non-hydrogen) atoms. The van der Waals surface area contributed by atoms with E-state index in [4.69, 9.17) is 17.8 Å². The fourth-order valence-electron chi connectivity index (χ4n) is 4.24. The van der Waals surface area contributed by atoms with Gasteiger partial charge >= 0.3 is 121 Å². The number of hydrogen-bond donors (Lipinski definition) is 0. The van der Waals surface area contributed by atoms with Crippen molar-refractivity contribution in [2.24, 2.45) is 0 Å². The van der Waals surface area contributed by atoms with Crippen LogP contribution in [0.3, 0.4) is 0 Å². The third kappa shape index (κ3) is 5.72. The van der Waals surface area contributed by atoms with E-state index in [0.717, 1.165) is 0 Å². The molecule has 1 saturated heterocycles. The van der Waals surface area contributed by atoms with Crippen molar-refractivity contribution in [3.8, 4) is 0 Å². The predicted octanol–water partition coefficient (Wildman–Crippen LogP) is 5.20. The molecule has 1 aliphatic heterocycles. The van der Waals surface area contributed by atoms with Crippen LogP contribution in [-0.2, 0) is 0 Å². The van der Waals surface area contributed by atoms with Crippen LogP contribution in [-0.4, -0.2) is 50.6 Å². The quantitative estimate of drug-likeness (QED) is 0.393. The molecule has 0 bridgehead atoms. The van der Waals surface area contributed by atoms with Gasteiger partial charge in [-0.05, 0) is 0 Å². The van der Waals surface area contributed by atoms with Crippen molar-refractivity contribution >= 4 is 68.5 Å². The van der Waals surface area contributed by atoms with E-state index >= 15 is 0 Å². The van der Waals surface area contributed by atoms with Gasteiger partial charge in [0.1, 0.15) is 0 Å². The Hall–Kier alpha value is 2.61. The van der Waals surface area contributed by atoms with E-state index < -0.39 is 50.6 Å². The molecule has 1 fully saturated rings. The average Bonchev–Trinajstić information content (AvgIpc) is 1.67. The molecular weight excluding hydrogens is 485 g/mol. The first-order chi connectivity index (χ1) is 6.83. The minimum atomic E-state index is -2.20. The van der Waals surface area contributed by atoms with Gasteiger partial charge in [0.25, 0.3) is 0 Å². The maximum absolute atomic E-state index is 6.97. The van der Waals surface area contributed by atoms with Crippen LogP contribution in [0, 0.1) is 0 Å². The molecule has 1 aliphatic rings. The summed E-state index contributed by atoms with van der Waals surface area (Å²) in [6.45, 7) is 10.2. The van der Waals surface area contributed by atoms with Crippen molar-refractivity contribution in [3.05, 3.63) is 0 Å². The minimum absolute atomic E-state index is 1.06. The maximum atomic E-state index is 6.97. The van der Waals surface area contributed by atoms with E-state index in [9.17, 15) is 0 Å².